The summed E-state index contributed by atoms with van der Waals surface area (Å²) in [6, 6.07) is 5.38. The lowest BCUT2D eigenvalue weighted by Gasteiger charge is -2.12. The lowest BCUT2D eigenvalue weighted by molar-refractivity contribution is 0.598. The highest BCUT2D eigenvalue weighted by Gasteiger charge is 2.25. The fourth-order valence-corrected chi connectivity index (χ4v) is 4.88. The summed E-state index contributed by atoms with van der Waals surface area (Å²) < 4.78 is 29.4. The molecule has 1 N–H and O–H groups in total. The summed E-state index contributed by atoms with van der Waals surface area (Å²) >= 11 is 1.31. The Hall–Kier alpha value is -2.19. The predicted octanol–water partition coefficient (Wildman–Crippen LogP) is 2.79. The molecule has 126 valence electrons. The van der Waals surface area contributed by atoms with Crippen LogP contribution in [-0.2, 0) is 10.0 Å². The average molecular weight is 363 g/mol. The number of benzene rings is 1. The summed E-state index contributed by atoms with van der Waals surface area (Å²) in [5, 5.41) is 1.77. The van der Waals surface area contributed by atoms with Crippen molar-refractivity contribution in [1.29, 1.82) is 0 Å². The molecule has 0 unspecified atom stereocenters. The number of hydrogen-bond donors (Lipinski definition) is 1. The molecular formula is C16H17N3O3S2. The van der Waals surface area contributed by atoms with E-state index in [2.05, 4.69) is 9.71 Å². The molecule has 2 aromatic heterocycles. The molecule has 0 radical (unpaired) electrons. The van der Waals surface area contributed by atoms with Crippen LogP contribution in [-0.4, -0.2) is 17.8 Å². The first-order valence-electron chi connectivity index (χ1n) is 7.28. The van der Waals surface area contributed by atoms with Crippen molar-refractivity contribution in [1.82, 2.24) is 9.38 Å². The first-order chi connectivity index (χ1) is 11.2. The summed E-state index contributed by atoms with van der Waals surface area (Å²) in [6.45, 7) is 7.02. The van der Waals surface area contributed by atoms with E-state index in [-0.39, 0.29) is 10.6 Å². The number of aryl methyl sites for hydroxylation is 4. The molecule has 24 heavy (non-hydrogen) atoms. The molecule has 0 aliphatic carbocycles. The van der Waals surface area contributed by atoms with Crippen molar-refractivity contribution in [2.24, 2.45) is 0 Å². The molecule has 1 aromatic carbocycles. The van der Waals surface area contributed by atoms with Gasteiger partial charge in [0.1, 0.15) is 0 Å². The molecule has 0 amide bonds. The van der Waals surface area contributed by atoms with E-state index in [0.29, 0.717) is 16.3 Å². The molecular weight excluding hydrogens is 346 g/mol. The number of anilines is 1. The van der Waals surface area contributed by atoms with Gasteiger partial charge in [0, 0.05) is 11.1 Å². The van der Waals surface area contributed by atoms with Crippen molar-refractivity contribution in [3.05, 3.63) is 56.4 Å². The Labute approximate surface area is 143 Å². The lowest BCUT2D eigenvalue weighted by Crippen LogP contribution is -2.28. The zero-order valence-corrected chi connectivity index (χ0v) is 15.4. The number of hydrogen-bond acceptors (Lipinski definition) is 5. The Morgan fingerprint density at radius 3 is 2.54 bits per heavy atom. The number of nitrogens with zero attached hydrogens (tertiary/aromatic N) is 2. The Morgan fingerprint density at radius 1 is 1.17 bits per heavy atom. The normalized spacial score (nSPS) is 11.8. The van der Waals surface area contributed by atoms with Crippen molar-refractivity contribution in [2.75, 3.05) is 4.72 Å². The summed E-state index contributed by atoms with van der Waals surface area (Å²) in [5.74, 6) is 0. The predicted molar refractivity (Wildman–Crippen MR) is 95.5 cm³/mol. The van der Waals surface area contributed by atoms with Crippen LogP contribution in [0.3, 0.4) is 0 Å². The smallest absolute Gasteiger partial charge is 0.279 e. The molecule has 0 saturated carbocycles. The van der Waals surface area contributed by atoms with Crippen LogP contribution < -0.4 is 10.3 Å². The molecule has 0 bridgehead atoms. The first kappa shape index (κ1) is 16.7. The van der Waals surface area contributed by atoms with Crippen LogP contribution in [0.15, 0.2) is 33.3 Å². The van der Waals surface area contributed by atoms with Gasteiger partial charge in [-0.2, -0.15) is 0 Å². The molecule has 2 heterocycles. The molecule has 0 saturated heterocycles. The van der Waals surface area contributed by atoms with Gasteiger partial charge in [0.2, 0.25) is 0 Å². The second-order valence-electron chi connectivity index (χ2n) is 5.75. The van der Waals surface area contributed by atoms with E-state index in [1.165, 1.54) is 22.7 Å². The standard InChI is InChI=1S/C16H17N3O3S2/c1-9-5-6-13(10(2)7-9)18-24(21,22)14-12(4)17-16-19(15(14)20)11(3)8-23-16/h5-8,18H,1-4H3. The largest absolute Gasteiger partial charge is 0.279 e. The number of fused-ring (bicyclic) bond motifs is 1. The fraction of sp³-hybridized carbons (Fsp3) is 0.250. The minimum Gasteiger partial charge on any atom is -0.279 e. The van der Waals surface area contributed by atoms with Crippen LogP contribution >= 0.6 is 11.3 Å². The van der Waals surface area contributed by atoms with Crippen LogP contribution in [0.5, 0.6) is 0 Å². The van der Waals surface area contributed by atoms with E-state index in [0.717, 1.165) is 11.1 Å². The maximum atomic E-state index is 12.8. The van der Waals surface area contributed by atoms with Crippen LogP contribution in [0.2, 0.25) is 0 Å². The monoisotopic (exact) mass is 363 g/mol. The number of rotatable bonds is 3. The third-order valence-electron chi connectivity index (χ3n) is 3.76. The van der Waals surface area contributed by atoms with Crippen molar-refractivity contribution in [3.8, 4) is 0 Å². The van der Waals surface area contributed by atoms with Gasteiger partial charge in [-0.15, -0.1) is 11.3 Å². The molecule has 8 heteroatoms. The molecule has 0 fully saturated rings. The molecule has 6 nitrogen and oxygen atoms in total. The third-order valence-corrected chi connectivity index (χ3v) is 6.20. The van der Waals surface area contributed by atoms with Crippen LogP contribution in [0, 0.1) is 27.7 Å². The van der Waals surface area contributed by atoms with Crippen molar-refractivity contribution in [2.45, 2.75) is 32.6 Å². The lowest BCUT2D eigenvalue weighted by atomic mass is 10.1. The van der Waals surface area contributed by atoms with Crippen LogP contribution in [0.4, 0.5) is 5.69 Å². The van der Waals surface area contributed by atoms with Gasteiger partial charge < -0.3 is 0 Å². The summed E-state index contributed by atoms with van der Waals surface area (Å²) in [7, 11) is -4.04. The number of aromatic nitrogens is 2. The van der Waals surface area contributed by atoms with E-state index in [1.54, 1.807) is 18.4 Å². The molecule has 0 aliphatic rings. The Morgan fingerprint density at radius 2 is 1.88 bits per heavy atom. The van der Waals surface area contributed by atoms with Crippen molar-refractivity contribution in [3.63, 3.8) is 0 Å². The topological polar surface area (TPSA) is 80.5 Å². The zero-order valence-electron chi connectivity index (χ0n) is 13.7. The van der Waals surface area contributed by atoms with Gasteiger partial charge in [0.15, 0.2) is 9.86 Å². The Balaban J connectivity index is 2.18. The second-order valence-corrected chi connectivity index (χ2v) is 8.21. The maximum Gasteiger partial charge on any atom is 0.279 e. The van der Waals surface area contributed by atoms with Crippen LogP contribution in [0.1, 0.15) is 22.5 Å². The molecule has 0 aliphatic heterocycles. The van der Waals surface area contributed by atoms with Gasteiger partial charge in [-0.1, -0.05) is 17.7 Å². The van der Waals surface area contributed by atoms with Gasteiger partial charge in [0.05, 0.1) is 11.4 Å². The first-order valence-corrected chi connectivity index (χ1v) is 9.64. The molecule has 3 aromatic rings. The van der Waals surface area contributed by atoms with Gasteiger partial charge >= 0.3 is 0 Å². The summed E-state index contributed by atoms with van der Waals surface area (Å²) in [4.78, 5) is 17.2. The summed E-state index contributed by atoms with van der Waals surface area (Å²) in [6.07, 6.45) is 0. The van der Waals surface area contributed by atoms with Crippen molar-refractivity contribution < 1.29 is 8.42 Å². The molecule has 0 spiro atoms. The average Bonchev–Trinajstić information content (AvgIpc) is 2.83. The Kier molecular flexibility index (Phi) is 3.97. The minimum atomic E-state index is -4.04. The number of thiazole rings is 1. The highest BCUT2D eigenvalue weighted by molar-refractivity contribution is 7.92. The number of nitrogens with one attached hydrogen (secondary N) is 1. The van der Waals surface area contributed by atoms with E-state index >= 15 is 0 Å². The third kappa shape index (κ3) is 2.71. The highest BCUT2D eigenvalue weighted by Crippen LogP contribution is 2.21. The zero-order chi connectivity index (χ0) is 17.6. The van der Waals surface area contributed by atoms with E-state index < -0.39 is 15.6 Å². The van der Waals surface area contributed by atoms with Gasteiger partial charge in [-0.3, -0.25) is 13.9 Å². The maximum absolute atomic E-state index is 12.8. The van der Waals surface area contributed by atoms with E-state index in [1.807, 2.05) is 26.0 Å². The second kappa shape index (κ2) is 5.71. The highest BCUT2D eigenvalue weighted by atomic mass is 32.2. The number of sulfonamides is 1. The van der Waals surface area contributed by atoms with Crippen LogP contribution in [0.25, 0.3) is 4.96 Å². The summed E-state index contributed by atoms with van der Waals surface area (Å²) in [5.41, 5.74) is 2.55. The SMILES string of the molecule is Cc1ccc(NS(=O)(=O)c2c(C)nc3scc(C)n3c2=O)c(C)c1. The van der Waals surface area contributed by atoms with Crippen molar-refractivity contribution >= 4 is 32.0 Å². The molecule has 0 atom stereocenters. The Bertz CT molecular complexity index is 1110. The van der Waals surface area contributed by atoms with Gasteiger partial charge in [-0.05, 0) is 39.3 Å². The molecule has 3 rings (SSSR count). The van der Waals surface area contributed by atoms with Gasteiger partial charge in [-0.25, -0.2) is 13.4 Å². The van der Waals surface area contributed by atoms with Gasteiger partial charge in [0.25, 0.3) is 15.6 Å². The fourth-order valence-electron chi connectivity index (χ4n) is 2.60. The quantitative estimate of drug-likeness (QED) is 0.776. The van der Waals surface area contributed by atoms with E-state index in [4.69, 9.17) is 0 Å². The minimum absolute atomic E-state index is 0.194. The van der Waals surface area contributed by atoms with E-state index in [9.17, 15) is 13.2 Å².